The number of carbonyl (C=O) groups is 2. The Kier molecular flexibility index (Phi) is 9.37. The molecule has 0 aromatic heterocycles. The summed E-state index contributed by atoms with van der Waals surface area (Å²) < 4.78 is 38.0. The third kappa shape index (κ3) is 7.44. The predicted octanol–water partition coefficient (Wildman–Crippen LogP) is 3.79. The number of aryl methyl sites for hydroxylation is 1. The molecule has 0 bridgehead atoms. The largest absolute Gasteiger partial charge is 0.486 e. The van der Waals surface area contributed by atoms with Crippen LogP contribution in [0.2, 0.25) is 0 Å². The zero-order chi connectivity index (χ0) is 28.0. The van der Waals surface area contributed by atoms with Crippen molar-refractivity contribution < 1.29 is 27.5 Å². The molecule has 2 amide bonds. The van der Waals surface area contributed by atoms with Crippen LogP contribution in [0, 0.1) is 6.92 Å². The number of hydrogen-bond acceptors (Lipinski definition) is 6. The highest BCUT2D eigenvalue weighted by molar-refractivity contribution is 7.92. The van der Waals surface area contributed by atoms with Gasteiger partial charge in [0.25, 0.3) is 0 Å². The van der Waals surface area contributed by atoms with Crippen LogP contribution in [0.4, 0.5) is 5.69 Å². The van der Waals surface area contributed by atoms with Gasteiger partial charge in [0.15, 0.2) is 11.5 Å². The molecule has 1 aliphatic carbocycles. The Hall–Kier alpha value is -3.27. The van der Waals surface area contributed by atoms with E-state index in [1.54, 1.807) is 18.2 Å². The smallest absolute Gasteiger partial charge is 0.244 e. The van der Waals surface area contributed by atoms with Crippen LogP contribution in [0.3, 0.4) is 0 Å². The van der Waals surface area contributed by atoms with E-state index in [1.165, 1.54) is 11.3 Å². The van der Waals surface area contributed by atoms with E-state index >= 15 is 0 Å². The Morgan fingerprint density at radius 1 is 1.00 bits per heavy atom. The fraction of sp³-hybridized carbons (Fsp3) is 0.517. The Morgan fingerprint density at radius 3 is 2.31 bits per heavy atom. The Bertz CT molecular complexity index is 1260. The minimum Gasteiger partial charge on any atom is -0.486 e. The van der Waals surface area contributed by atoms with Crippen molar-refractivity contribution in [2.75, 3.05) is 30.3 Å². The number of amides is 2. The first-order valence-electron chi connectivity index (χ1n) is 13.7. The number of nitrogens with zero attached hydrogens (tertiary/aromatic N) is 2. The molecule has 212 valence electrons. The lowest BCUT2D eigenvalue weighted by Gasteiger charge is -2.34. The molecule has 2 aromatic carbocycles. The van der Waals surface area contributed by atoms with Gasteiger partial charge in [0.1, 0.15) is 25.8 Å². The Balaban J connectivity index is 1.62. The molecule has 2 aliphatic rings. The van der Waals surface area contributed by atoms with Gasteiger partial charge in [-0.05, 0) is 43.9 Å². The maximum Gasteiger partial charge on any atom is 0.244 e. The van der Waals surface area contributed by atoms with Crippen molar-refractivity contribution in [2.45, 2.75) is 71.0 Å². The number of fused-ring (bicyclic) bond motifs is 1. The van der Waals surface area contributed by atoms with Gasteiger partial charge in [0.05, 0.1) is 11.9 Å². The molecule has 1 heterocycles. The Morgan fingerprint density at radius 2 is 1.67 bits per heavy atom. The molecule has 1 saturated carbocycles. The lowest BCUT2D eigenvalue weighted by molar-refractivity contribution is -0.140. The van der Waals surface area contributed by atoms with Gasteiger partial charge in [-0.1, -0.05) is 56.0 Å². The zero-order valence-electron chi connectivity index (χ0n) is 23.0. The van der Waals surface area contributed by atoms with Gasteiger partial charge in [-0.15, -0.1) is 0 Å². The van der Waals surface area contributed by atoms with Crippen molar-refractivity contribution in [3.8, 4) is 11.5 Å². The van der Waals surface area contributed by atoms with Crippen LogP contribution in [0.5, 0.6) is 11.5 Å². The maximum absolute atomic E-state index is 13.9. The molecular weight excluding hydrogens is 518 g/mol. The molecule has 2 aromatic rings. The van der Waals surface area contributed by atoms with Gasteiger partial charge < -0.3 is 19.7 Å². The summed E-state index contributed by atoms with van der Waals surface area (Å²) in [5.41, 5.74) is 2.24. The molecule has 1 atom stereocenters. The molecule has 1 fully saturated rings. The Labute approximate surface area is 231 Å². The van der Waals surface area contributed by atoms with Gasteiger partial charge in [-0.3, -0.25) is 13.9 Å². The van der Waals surface area contributed by atoms with Crippen molar-refractivity contribution >= 4 is 27.5 Å². The van der Waals surface area contributed by atoms with Crippen molar-refractivity contribution in [1.82, 2.24) is 10.2 Å². The molecule has 9 nitrogen and oxygen atoms in total. The minimum absolute atomic E-state index is 0.0989. The summed E-state index contributed by atoms with van der Waals surface area (Å²) >= 11 is 0. The fourth-order valence-electron chi connectivity index (χ4n) is 5.15. The molecular formula is C29H39N3O6S. The van der Waals surface area contributed by atoms with E-state index in [2.05, 4.69) is 5.32 Å². The molecule has 0 radical (unpaired) electrons. The number of anilines is 1. The second-order valence-corrected chi connectivity index (χ2v) is 12.3. The first-order chi connectivity index (χ1) is 18.7. The standard InChI is InChI=1S/C29H39N3O6S/c1-4-25(29(34)30-23-8-6-5-7-9-23)31(19-22-12-10-21(2)11-13-22)28(33)20-32(39(3,35)36)24-14-15-26-27(18-24)38-17-16-37-26/h10-15,18,23,25H,4-9,16-17,19-20H2,1-3H3,(H,30,34)/t25-/m0/s1. The second kappa shape index (κ2) is 12.7. The first-order valence-corrected chi connectivity index (χ1v) is 15.5. The first kappa shape index (κ1) is 28.7. The van der Waals surface area contributed by atoms with Crippen LogP contribution in [-0.4, -0.2) is 63.2 Å². The quantitative estimate of drug-likeness (QED) is 0.477. The summed E-state index contributed by atoms with van der Waals surface area (Å²) in [7, 11) is -3.84. The minimum atomic E-state index is -3.84. The highest BCUT2D eigenvalue weighted by atomic mass is 32.2. The number of sulfonamides is 1. The van der Waals surface area contributed by atoms with Crippen molar-refractivity contribution in [1.29, 1.82) is 0 Å². The summed E-state index contributed by atoms with van der Waals surface area (Å²) in [6.07, 6.45) is 6.65. The number of carbonyl (C=O) groups excluding carboxylic acids is 2. The second-order valence-electron chi connectivity index (χ2n) is 10.4. The predicted molar refractivity (Wildman–Crippen MR) is 150 cm³/mol. The van der Waals surface area contributed by atoms with E-state index in [-0.39, 0.29) is 18.5 Å². The number of ether oxygens (including phenoxy) is 2. The third-order valence-corrected chi connectivity index (χ3v) is 8.44. The van der Waals surface area contributed by atoms with E-state index in [4.69, 9.17) is 9.47 Å². The van der Waals surface area contributed by atoms with E-state index in [0.29, 0.717) is 36.8 Å². The summed E-state index contributed by atoms with van der Waals surface area (Å²) in [5.74, 6) is 0.294. The van der Waals surface area contributed by atoms with Gasteiger partial charge in [-0.2, -0.15) is 0 Å². The molecule has 1 aliphatic heterocycles. The highest BCUT2D eigenvalue weighted by Gasteiger charge is 2.33. The van der Waals surface area contributed by atoms with Gasteiger partial charge in [0, 0.05) is 18.7 Å². The van der Waals surface area contributed by atoms with E-state index in [0.717, 1.165) is 47.4 Å². The highest BCUT2D eigenvalue weighted by Crippen LogP contribution is 2.34. The summed E-state index contributed by atoms with van der Waals surface area (Å²) in [4.78, 5) is 28.9. The van der Waals surface area contributed by atoms with E-state index in [9.17, 15) is 18.0 Å². The average molecular weight is 558 g/mol. The van der Waals surface area contributed by atoms with Crippen molar-refractivity contribution in [3.63, 3.8) is 0 Å². The van der Waals surface area contributed by atoms with Crippen LogP contribution in [-0.2, 0) is 26.2 Å². The van der Waals surface area contributed by atoms with Crippen LogP contribution in [0.15, 0.2) is 42.5 Å². The summed E-state index contributed by atoms with van der Waals surface area (Å²) in [6.45, 7) is 4.36. The number of hydrogen-bond donors (Lipinski definition) is 1. The maximum atomic E-state index is 13.9. The van der Waals surface area contributed by atoms with Crippen LogP contribution in [0.25, 0.3) is 0 Å². The summed E-state index contributed by atoms with van der Waals surface area (Å²) in [6, 6.07) is 11.9. The normalized spacial score (nSPS) is 16.3. The molecule has 1 N–H and O–H groups in total. The fourth-order valence-corrected chi connectivity index (χ4v) is 6.00. The van der Waals surface area contributed by atoms with Gasteiger partial charge in [-0.25, -0.2) is 8.42 Å². The molecule has 39 heavy (non-hydrogen) atoms. The molecule has 4 rings (SSSR count). The number of nitrogens with one attached hydrogen (secondary N) is 1. The van der Waals surface area contributed by atoms with Crippen molar-refractivity contribution in [2.24, 2.45) is 0 Å². The van der Waals surface area contributed by atoms with E-state index in [1.807, 2.05) is 38.1 Å². The van der Waals surface area contributed by atoms with Crippen LogP contribution >= 0.6 is 0 Å². The molecule has 0 unspecified atom stereocenters. The number of benzene rings is 2. The lowest BCUT2D eigenvalue weighted by atomic mass is 9.95. The zero-order valence-corrected chi connectivity index (χ0v) is 23.8. The van der Waals surface area contributed by atoms with Crippen LogP contribution < -0.4 is 19.1 Å². The SMILES string of the molecule is CC[C@@H](C(=O)NC1CCCCC1)N(Cc1ccc(C)cc1)C(=O)CN(c1ccc2c(c1)OCCO2)S(C)(=O)=O. The molecule has 0 spiro atoms. The van der Waals surface area contributed by atoms with E-state index < -0.39 is 28.5 Å². The lowest BCUT2D eigenvalue weighted by Crippen LogP contribution is -2.53. The van der Waals surface area contributed by atoms with Crippen LogP contribution in [0.1, 0.15) is 56.6 Å². The molecule has 0 saturated heterocycles. The third-order valence-electron chi connectivity index (χ3n) is 7.30. The molecule has 10 heteroatoms. The average Bonchev–Trinajstić information content (AvgIpc) is 2.92. The monoisotopic (exact) mass is 557 g/mol. The van der Waals surface area contributed by atoms with Crippen molar-refractivity contribution in [3.05, 3.63) is 53.6 Å². The topological polar surface area (TPSA) is 105 Å². The summed E-state index contributed by atoms with van der Waals surface area (Å²) in [5, 5.41) is 3.15. The number of rotatable bonds is 10. The van der Waals surface area contributed by atoms with Gasteiger partial charge >= 0.3 is 0 Å². The van der Waals surface area contributed by atoms with Gasteiger partial charge in [0.2, 0.25) is 21.8 Å².